The van der Waals surface area contributed by atoms with Crippen LogP contribution in [0.15, 0.2) is 0 Å². The van der Waals surface area contributed by atoms with Crippen LogP contribution in [0.3, 0.4) is 0 Å². The van der Waals surface area contributed by atoms with Gasteiger partial charge in [-0.05, 0) is 31.1 Å². The normalized spacial score (nSPS) is 28.8. The quantitative estimate of drug-likeness (QED) is 0.738. The predicted octanol–water partition coefficient (Wildman–Crippen LogP) is 2.08. The highest BCUT2D eigenvalue weighted by atomic mass is 19.4. The third-order valence-corrected chi connectivity index (χ3v) is 3.97. The molecule has 1 saturated carbocycles. The molecule has 15 heavy (non-hydrogen) atoms. The number of hydrogen-bond donors (Lipinski definition) is 1. The molecule has 1 spiro atoms. The fourth-order valence-electron chi connectivity index (χ4n) is 3.00. The van der Waals surface area contributed by atoms with Gasteiger partial charge < -0.3 is 10.5 Å². The van der Waals surface area contributed by atoms with Gasteiger partial charge in [0.2, 0.25) is 0 Å². The topological polar surface area (TPSA) is 35.2 Å². The highest BCUT2D eigenvalue weighted by Gasteiger charge is 2.66. The lowest BCUT2D eigenvalue weighted by Crippen LogP contribution is -2.59. The molecular formula is C10H16F3NO. The Bertz CT molecular complexity index is 238. The van der Waals surface area contributed by atoms with Gasteiger partial charge >= 0.3 is 6.18 Å². The zero-order valence-corrected chi connectivity index (χ0v) is 8.57. The fraction of sp³-hybridized carbons (Fsp3) is 1.00. The summed E-state index contributed by atoms with van der Waals surface area (Å²) in [6, 6.07) is 0. The lowest BCUT2D eigenvalue weighted by atomic mass is 9.49. The van der Waals surface area contributed by atoms with Crippen molar-refractivity contribution in [2.75, 3.05) is 19.8 Å². The lowest BCUT2D eigenvalue weighted by Gasteiger charge is -2.57. The van der Waals surface area contributed by atoms with Crippen LogP contribution in [-0.2, 0) is 4.74 Å². The van der Waals surface area contributed by atoms with Crippen molar-refractivity contribution in [1.29, 1.82) is 0 Å². The summed E-state index contributed by atoms with van der Waals surface area (Å²) < 4.78 is 43.5. The molecule has 0 aromatic carbocycles. The van der Waals surface area contributed by atoms with E-state index in [1.807, 2.05) is 0 Å². The molecule has 0 bridgehead atoms. The van der Waals surface area contributed by atoms with Gasteiger partial charge in [0, 0.05) is 19.8 Å². The Balaban J connectivity index is 2.05. The van der Waals surface area contributed by atoms with Gasteiger partial charge in [-0.3, -0.25) is 0 Å². The van der Waals surface area contributed by atoms with E-state index in [0.29, 0.717) is 13.2 Å². The molecule has 0 atom stereocenters. The van der Waals surface area contributed by atoms with E-state index in [1.165, 1.54) is 0 Å². The third kappa shape index (κ3) is 1.65. The van der Waals surface area contributed by atoms with E-state index >= 15 is 0 Å². The number of ether oxygens (including phenoxy) is 1. The minimum Gasteiger partial charge on any atom is -0.381 e. The summed E-state index contributed by atoms with van der Waals surface area (Å²) in [7, 11) is 0. The summed E-state index contributed by atoms with van der Waals surface area (Å²) in [6.45, 7) is 0.913. The van der Waals surface area contributed by atoms with Gasteiger partial charge in [0.15, 0.2) is 0 Å². The van der Waals surface area contributed by atoms with Gasteiger partial charge in [-0.1, -0.05) is 0 Å². The molecule has 2 N–H and O–H groups in total. The van der Waals surface area contributed by atoms with Crippen LogP contribution in [0.5, 0.6) is 0 Å². The van der Waals surface area contributed by atoms with Gasteiger partial charge in [0.1, 0.15) is 0 Å². The molecule has 2 rings (SSSR count). The number of rotatable bonds is 1. The molecule has 0 amide bonds. The molecule has 0 aromatic rings. The molecule has 0 aromatic heterocycles. The summed E-state index contributed by atoms with van der Waals surface area (Å²) in [5.41, 5.74) is 3.56. The van der Waals surface area contributed by atoms with Crippen LogP contribution in [0.2, 0.25) is 0 Å². The molecule has 2 fully saturated rings. The second-order valence-electron chi connectivity index (χ2n) is 4.95. The average molecular weight is 223 g/mol. The van der Waals surface area contributed by atoms with Crippen LogP contribution in [-0.4, -0.2) is 25.9 Å². The molecule has 0 radical (unpaired) electrons. The minimum absolute atomic E-state index is 0.132. The zero-order valence-electron chi connectivity index (χ0n) is 8.57. The molecular weight excluding hydrogens is 207 g/mol. The molecule has 88 valence electrons. The first-order valence-corrected chi connectivity index (χ1v) is 5.28. The van der Waals surface area contributed by atoms with Crippen molar-refractivity contribution in [2.24, 2.45) is 16.6 Å². The number of nitrogens with two attached hydrogens (primary N) is 1. The smallest absolute Gasteiger partial charge is 0.381 e. The highest BCUT2D eigenvalue weighted by Crippen LogP contribution is 2.64. The summed E-state index contributed by atoms with van der Waals surface area (Å²) >= 11 is 0. The largest absolute Gasteiger partial charge is 0.395 e. The van der Waals surface area contributed by atoms with E-state index < -0.39 is 11.6 Å². The second-order valence-corrected chi connectivity index (χ2v) is 4.95. The first-order chi connectivity index (χ1) is 6.93. The van der Waals surface area contributed by atoms with Crippen molar-refractivity contribution in [3.8, 4) is 0 Å². The SMILES string of the molecule is NCC1(C(F)(F)F)CC2(CCOCC2)C1. The Hall–Kier alpha value is -0.290. The maximum Gasteiger partial charge on any atom is 0.395 e. The first-order valence-electron chi connectivity index (χ1n) is 5.28. The molecule has 2 nitrogen and oxygen atoms in total. The summed E-state index contributed by atoms with van der Waals surface area (Å²) in [4.78, 5) is 0. The number of halogens is 3. The van der Waals surface area contributed by atoms with E-state index in [-0.39, 0.29) is 24.8 Å². The zero-order chi connectivity index (χ0) is 11.2. The van der Waals surface area contributed by atoms with Gasteiger partial charge in [0.25, 0.3) is 0 Å². The van der Waals surface area contributed by atoms with E-state index in [2.05, 4.69) is 0 Å². The standard InChI is InChI=1S/C10H16F3NO/c11-10(12,13)9(7-14)5-8(6-9)1-3-15-4-2-8/h1-7,14H2. The van der Waals surface area contributed by atoms with Crippen LogP contribution in [0.1, 0.15) is 25.7 Å². The minimum atomic E-state index is -4.15. The summed E-state index contributed by atoms with van der Waals surface area (Å²) in [6.07, 6.45) is -2.24. The molecule has 1 aliphatic heterocycles. The molecule has 2 aliphatic rings. The van der Waals surface area contributed by atoms with Crippen LogP contribution < -0.4 is 5.73 Å². The van der Waals surface area contributed by atoms with Crippen LogP contribution in [0.25, 0.3) is 0 Å². The van der Waals surface area contributed by atoms with Crippen LogP contribution in [0, 0.1) is 10.8 Å². The van der Waals surface area contributed by atoms with Crippen molar-refractivity contribution in [3.05, 3.63) is 0 Å². The highest BCUT2D eigenvalue weighted by molar-refractivity contribution is 5.07. The van der Waals surface area contributed by atoms with Crippen molar-refractivity contribution in [2.45, 2.75) is 31.9 Å². The summed E-state index contributed by atoms with van der Waals surface area (Å²) in [5, 5.41) is 0. The van der Waals surface area contributed by atoms with Crippen LogP contribution in [0.4, 0.5) is 13.2 Å². The fourth-order valence-corrected chi connectivity index (χ4v) is 3.00. The van der Waals surface area contributed by atoms with E-state index in [1.54, 1.807) is 0 Å². The van der Waals surface area contributed by atoms with Gasteiger partial charge in [-0.15, -0.1) is 0 Å². The van der Waals surface area contributed by atoms with E-state index in [0.717, 1.165) is 12.8 Å². The number of alkyl halides is 3. The Morgan fingerprint density at radius 3 is 2.07 bits per heavy atom. The van der Waals surface area contributed by atoms with E-state index in [4.69, 9.17) is 10.5 Å². The monoisotopic (exact) mass is 223 g/mol. The van der Waals surface area contributed by atoms with Crippen molar-refractivity contribution in [3.63, 3.8) is 0 Å². The molecule has 5 heteroatoms. The maximum absolute atomic E-state index is 12.8. The second kappa shape index (κ2) is 3.35. The Morgan fingerprint density at radius 1 is 1.13 bits per heavy atom. The van der Waals surface area contributed by atoms with E-state index in [9.17, 15) is 13.2 Å². The van der Waals surface area contributed by atoms with Crippen molar-refractivity contribution in [1.82, 2.24) is 0 Å². The van der Waals surface area contributed by atoms with Crippen molar-refractivity contribution < 1.29 is 17.9 Å². The van der Waals surface area contributed by atoms with Crippen LogP contribution >= 0.6 is 0 Å². The Labute approximate surface area is 87.0 Å². The molecule has 1 heterocycles. The molecule has 0 unspecified atom stereocenters. The Kier molecular flexibility index (Phi) is 2.50. The van der Waals surface area contributed by atoms with Crippen molar-refractivity contribution >= 4 is 0 Å². The third-order valence-electron chi connectivity index (χ3n) is 3.97. The van der Waals surface area contributed by atoms with Gasteiger partial charge in [-0.2, -0.15) is 13.2 Å². The van der Waals surface area contributed by atoms with Gasteiger partial charge in [0.05, 0.1) is 5.41 Å². The molecule has 1 saturated heterocycles. The molecule has 1 aliphatic carbocycles. The first kappa shape index (κ1) is 11.2. The average Bonchev–Trinajstić information content (AvgIpc) is 2.13. The Morgan fingerprint density at radius 2 is 1.67 bits per heavy atom. The maximum atomic E-state index is 12.8. The number of hydrogen-bond acceptors (Lipinski definition) is 2. The predicted molar refractivity (Wildman–Crippen MR) is 49.3 cm³/mol. The summed E-state index contributed by atoms with van der Waals surface area (Å²) in [5.74, 6) is 0. The lowest BCUT2D eigenvalue weighted by molar-refractivity contribution is -0.286. The van der Waals surface area contributed by atoms with Gasteiger partial charge in [-0.25, -0.2) is 0 Å².